The monoisotopic (exact) mass is 888 g/mol. The van der Waals surface area contributed by atoms with E-state index in [0.29, 0.717) is 0 Å². The van der Waals surface area contributed by atoms with Crippen molar-refractivity contribution >= 4 is 38.9 Å². The van der Waals surface area contributed by atoms with E-state index >= 15 is 0 Å². The highest BCUT2D eigenvalue weighted by Crippen LogP contribution is 2.50. The molecule has 4 heteroatoms. The van der Waals surface area contributed by atoms with Crippen molar-refractivity contribution in [2.75, 3.05) is 16.5 Å². The van der Waals surface area contributed by atoms with E-state index in [9.17, 15) is 0 Å². The number of hydrogen-bond acceptors (Lipinski definition) is 3. The molecule has 1 aliphatic heterocycles. The van der Waals surface area contributed by atoms with Crippen LogP contribution in [0.1, 0.15) is 43.0 Å². The first-order chi connectivity index (χ1) is 33.9. The van der Waals surface area contributed by atoms with Crippen LogP contribution in [0.4, 0.5) is 17.1 Å². The van der Waals surface area contributed by atoms with Crippen LogP contribution in [0.2, 0.25) is 0 Å². The molecular weight excluding hydrogens is 837 g/mol. The highest BCUT2D eigenvalue weighted by atomic mass is 15.4. The Morgan fingerprint density at radius 3 is 1.59 bits per heavy atom. The van der Waals surface area contributed by atoms with Crippen LogP contribution in [0.15, 0.2) is 249 Å². The highest BCUT2D eigenvalue weighted by molar-refractivity contribution is 6.09. The van der Waals surface area contributed by atoms with Crippen LogP contribution in [0, 0.1) is 0 Å². The number of fused-ring (bicyclic) bond motifs is 4. The number of rotatable bonds is 9. The lowest BCUT2D eigenvalue weighted by Gasteiger charge is -2.38. The van der Waals surface area contributed by atoms with Crippen LogP contribution in [0.3, 0.4) is 0 Å². The van der Waals surface area contributed by atoms with Crippen LogP contribution >= 0.6 is 0 Å². The van der Waals surface area contributed by atoms with Crippen molar-refractivity contribution in [2.45, 2.75) is 31.7 Å². The zero-order chi connectivity index (χ0) is 46.5. The second-order valence-corrected chi connectivity index (χ2v) is 19.1. The molecule has 2 aromatic heterocycles. The van der Waals surface area contributed by atoms with Gasteiger partial charge < -0.3 is 9.80 Å². The second kappa shape index (κ2) is 17.0. The molecule has 0 N–H and O–H groups in total. The fourth-order valence-electron chi connectivity index (χ4n) is 11.0. The molecule has 0 unspecified atom stereocenters. The van der Waals surface area contributed by atoms with Gasteiger partial charge in [-0.2, -0.15) is 0 Å². The van der Waals surface area contributed by atoms with E-state index in [1.165, 1.54) is 72.2 Å². The van der Waals surface area contributed by atoms with Crippen LogP contribution in [0.5, 0.6) is 0 Å². The van der Waals surface area contributed by atoms with Gasteiger partial charge in [-0.1, -0.05) is 194 Å². The van der Waals surface area contributed by atoms with Crippen LogP contribution in [0.25, 0.3) is 61.0 Å². The lowest BCUT2D eigenvalue weighted by Crippen LogP contribution is -2.42. The third-order valence-corrected chi connectivity index (χ3v) is 14.2. The Morgan fingerprint density at radius 1 is 0.406 bits per heavy atom. The molecule has 0 bridgehead atoms. The van der Waals surface area contributed by atoms with Gasteiger partial charge in [0, 0.05) is 28.2 Å². The van der Waals surface area contributed by atoms with Gasteiger partial charge in [-0.25, -0.2) is 4.98 Å². The lowest BCUT2D eigenvalue weighted by atomic mass is 9.65. The summed E-state index contributed by atoms with van der Waals surface area (Å²) in [4.78, 5) is 10.2. The van der Waals surface area contributed by atoms with E-state index < -0.39 is 5.41 Å². The molecule has 0 atom stereocenters. The fraction of sp³-hybridized carbons (Fsp3) is 0.0923. The van der Waals surface area contributed by atoms with Crippen molar-refractivity contribution < 1.29 is 0 Å². The summed E-state index contributed by atoms with van der Waals surface area (Å²) in [5, 5.41) is 2.36. The molecule has 0 saturated heterocycles. The third kappa shape index (κ3) is 7.10. The van der Waals surface area contributed by atoms with Crippen LogP contribution in [-0.2, 0) is 5.41 Å². The number of para-hydroxylation sites is 3. The summed E-state index contributed by atoms with van der Waals surface area (Å²) in [5.41, 5.74) is 16.8. The average Bonchev–Trinajstić information content (AvgIpc) is 3.97. The SMILES string of the molecule is CC(C)(C)N1CN(c2cccc(C(c3ccccc3)(c3ccccc3)c3ccc4c5ccccc5n(-c5cc(-c6c(-c7ccccc7)cccc6-c6ccccc6)ccn5)c4c3)c2)c2ccccc21. The summed E-state index contributed by atoms with van der Waals surface area (Å²) >= 11 is 0. The minimum absolute atomic E-state index is 0.0575. The zero-order valence-corrected chi connectivity index (χ0v) is 39.2. The Labute approximate surface area is 405 Å². The minimum atomic E-state index is -0.703. The van der Waals surface area contributed by atoms with Crippen LogP contribution in [-0.4, -0.2) is 21.8 Å². The summed E-state index contributed by atoms with van der Waals surface area (Å²) in [7, 11) is 0. The van der Waals surface area contributed by atoms with Gasteiger partial charge in [0.1, 0.15) is 5.82 Å². The summed E-state index contributed by atoms with van der Waals surface area (Å²) < 4.78 is 2.38. The molecule has 0 spiro atoms. The fourth-order valence-corrected chi connectivity index (χ4v) is 11.0. The summed E-state index contributed by atoms with van der Waals surface area (Å²) in [5.74, 6) is 0.862. The van der Waals surface area contributed by atoms with Gasteiger partial charge in [-0.15, -0.1) is 0 Å². The molecule has 69 heavy (non-hydrogen) atoms. The molecule has 3 heterocycles. The maximum Gasteiger partial charge on any atom is 0.138 e. The summed E-state index contributed by atoms with van der Waals surface area (Å²) in [6.07, 6.45) is 1.98. The first-order valence-electron chi connectivity index (χ1n) is 24.0. The van der Waals surface area contributed by atoms with E-state index in [1.54, 1.807) is 0 Å². The maximum atomic E-state index is 5.23. The van der Waals surface area contributed by atoms with Gasteiger partial charge in [-0.3, -0.25) is 4.57 Å². The van der Waals surface area contributed by atoms with Crippen molar-refractivity contribution in [3.8, 4) is 39.2 Å². The van der Waals surface area contributed by atoms with Crippen LogP contribution < -0.4 is 9.80 Å². The minimum Gasteiger partial charge on any atom is -0.347 e. The number of nitrogens with zero attached hydrogens (tertiary/aromatic N) is 4. The molecule has 12 rings (SSSR count). The molecule has 0 fully saturated rings. The molecule has 9 aromatic carbocycles. The molecule has 11 aromatic rings. The molecule has 4 nitrogen and oxygen atoms in total. The predicted octanol–water partition coefficient (Wildman–Crippen LogP) is 16.3. The Balaban J connectivity index is 1.10. The van der Waals surface area contributed by atoms with Crippen molar-refractivity contribution in [1.82, 2.24) is 9.55 Å². The average molecular weight is 889 g/mol. The Bertz CT molecular complexity index is 3530. The Morgan fingerprint density at radius 2 is 0.942 bits per heavy atom. The van der Waals surface area contributed by atoms with Gasteiger partial charge in [0.2, 0.25) is 0 Å². The smallest absolute Gasteiger partial charge is 0.138 e. The van der Waals surface area contributed by atoms with E-state index in [1.807, 2.05) is 6.20 Å². The first-order valence-corrected chi connectivity index (χ1v) is 24.0. The van der Waals surface area contributed by atoms with E-state index in [4.69, 9.17) is 4.98 Å². The predicted molar refractivity (Wildman–Crippen MR) is 289 cm³/mol. The van der Waals surface area contributed by atoms with Crippen molar-refractivity contribution in [1.29, 1.82) is 0 Å². The summed E-state index contributed by atoms with van der Waals surface area (Å²) in [6, 6.07) is 88.7. The number of pyridine rings is 1. The Hall–Kier alpha value is -8.47. The van der Waals surface area contributed by atoms with Gasteiger partial charge in [-0.05, 0) is 125 Å². The lowest BCUT2D eigenvalue weighted by molar-refractivity contribution is 0.518. The number of benzene rings is 9. The molecule has 0 aliphatic carbocycles. The van der Waals surface area contributed by atoms with E-state index in [-0.39, 0.29) is 5.54 Å². The third-order valence-electron chi connectivity index (χ3n) is 14.2. The number of aromatic nitrogens is 2. The topological polar surface area (TPSA) is 24.3 Å². The van der Waals surface area contributed by atoms with Gasteiger partial charge in [0.15, 0.2) is 0 Å². The van der Waals surface area contributed by atoms with Gasteiger partial charge >= 0.3 is 0 Å². The molecule has 1 aliphatic rings. The van der Waals surface area contributed by atoms with Crippen molar-refractivity contribution in [3.05, 3.63) is 271 Å². The Kier molecular flexibility index (Phi) is 10.3. The van der Waals surface area contributed by atoms with E-state index in [2.05, 4.69) is 278 Å². The molecular formula is C65H52N4. The molecule has 0 saturated carbocycles. The zero-order valence-electron chi connectivity index (χ0n) is 39.2. The number of anilines is 3. The highest BCUT2D eigenvalue weighted by Gasteiger charge is 2.40. The molecule has 0 amide bonds. The quantitative estimate of drug-likeness (QED) is 0.135. The first kappa shape index (κ1) is 41.9. The molecule has 332 valence electrons. The maximum absolute atomic E-state index is 5.23. The standard InChI is InChI=1S/C65H52N4/c1-64(2,3)68-45-67(59-36-18-19-37-60(59)68)53-31-20-30-51(43-53)65(49-26-12-6-13-27-49,50-28-14-7-15-29-50)52-38-39-57-56-32-16-17-35-58(56)69(61(57)44-52)62-42-48(40-41-66-62)63-54(46-22-8-4-9-23-46)33-21-34-55(63)47-24-10-5-11-25-47/h4-44H,45H2,1-3H3. The normalized spacial score (nSPS) is 12.7. The van der Waals surface area contributed by atoms with Crippen molar-refractivity contribution in [3.63, 3.8) is 0 Å². The van der Waals surface area contributed by atoms with Crippen molar-refractivity contribution in [2.24, 2.45) is 0 Å². The van der Waals surface area contributed by atoms with Gasteiger partial charge in [0.05, 0.1) is 34.5 Å². The second-order valence-electron chi connectivity index (χ2n) is 19.1. The van der Waals surface area contributed by atoms with Gasteiger partial charge in [0.25, 0.3) is 0 Å². The largest absolute Gasteiger partial charge is 0.347 e. The molecule has 0 radical (unpaired) electrons. The summed E-state index contributed by atoms with van der Waals surface area (Å²) in [6.45, 7) is 7.65. The van der Waals surface area contributed by atoms with E-state index in [0.717, 1.165) is 34.8 Å². The number of hydrogen-bond donors (Lipinski definition) is 0.